The summed E-state index contributed by atoms with van der Waals surface area (Å²) >= 11 is 1.93. The molecule has 1 aromatic carbocycles. The average Bonchev–Trinajstić information content (AvgIpc) is 2.49. The fourth-order valence-corrected chi connectivity index (χ4v) is 3.62. The average molecular weight is 300 g/mol. The molecule has 1 N–H and O–H groups in total. The molecule has 0 bridgehead atoms. The van der Waals surface area contributed by atoms with Crippen LogP contribution in [0.15, 0.2) is 47.5 Å². The van der Waals surface area contributed by atoms with E-state index in [-0.39, 0.29) is 6.10 Å². The van der Waals surface area contributed by atoms with Crippen molar-refractivity contribution in [2.45, 2.75) is 37.3 Å². The van der Waals surface area contributed by atoms with E-state index in [1.54, 1.807) is 6.20 Å². The number of thioether (sulfide) groups is 1. The van der Waals surface area contributed by atoms with E-state index in [0.717, 1.165) is 17.9 Å². The van der Waals surface area contributed by atoms with Gasteiger partial charge in [0, 0.05) is 16.8 Å². The van der Waals surface area contributed by atoms with Gasteiger partial charge >= 0.3 is 0 Å². The third-order valence-corrected chi connectivity index (χ3v) is 4.53. The lowest BCUT2D eigenvalue weighted by molar-refractivity contribution is 0.234. The third-order valence-electron chi connectivity index (χ3n) is 3.41. The van der Waals surface area contributed by atoms with Gasteiger partial charge in [0.15, 0.2) is 0 Å². The molecule has 1 unspecified atom stereocenters. The van der Waals surface area contributed by atoms with Crippen LogP contribution in [0.3, 0.4) is 0 Å². The number of benzene rings is 1. The van der Waals surface area contributed by atoms with Crippen molar-refractivity contribution in [1.82, 2.24) is 4.98 Å². The smallest absolute Gasteiger partial charge is 0.237 e. The number of nitrogens with zero attached hydrogens (tertiary/aromatic N) is 1. The van der Waals surface area contributed by atoms with Crippen LogP contribution in [0.5, 0.6) is 5.88 Å². The second-order valence-corrected chi connectivity index (χ2v) is 6.53. The van der Waals surface area contributed by atoms with Gasteiger partial charge in [0.05, 0.1) is 17.8 Å². The Morgan fingerprint density at radius 3 is 2.95 bits per heavy atom. The topological polar surface area (TPSA) is 34.1 Å². The predicted molar refractivity (Wildman–Crippen MR) is 88.1 cm³/mol. The molecule has 1 aliphatic heterocycles. The van der Waals surface area contributed by atoms with Crippen LogP contribution in [0, 0.1) is 0 Å². The molecule has 0 radical (unpaired) electrons. The van der Waals surface area contributed by atoms with Gasteiger partial charge in [0.1, 0.15) is 0 Å². The molecule has 2 heterocycles. The Bertz CT molecular complexity index is 615. The minimum atomic E-state index is 0.120. The number of ether oxygens (including phenoxy) is 1. The Labute approximate surface area is 130 Å². The van der Waals surface area contributed by atoms with Crippen molar-refractivity contribution in [3.63, 3.8) is 0 Å². The number of aromatic nitrogens is 1. The highest BCUT2D eigenvalue weighted by Gasteiger charge is 2.21. The van der Waals surface area contributed by atoms with E-state index in [9.17, 15) is 0 Å². The highest BCUT2D eigenvalue weighted by molar-refractivity contribution is 7.99. The van der Waals surface area contributed by atoms with Gasteiger partial charge in [-0.05, 0) is 44.0 Å². The van der Waals surface area contributed by atoms with Crippen molar-refractivity contribution < 1.29 is 4.74 Å². The zero-order valence-electron chi connectivity index (χ0n) is 12.4. The monoisotopic (exact) mass is 300 g/mol. The maximum Gasteiger partial charge on any atom is 0.237 e. The SMILES string of the molecule is CC(C)Oc1ncccc1NC1CCSc2ccccc21. The summed E-state index contributed by atoms with van der Waals surface area (Å²) in [7, 11) is 0. The molecule has 110 valence electrons. The summed E-state index contributed by atoms with van der Waals surface area (Å²) in [5.41, 5.74) is 2.34. The summed E-state index contributed by atoms with van der Waals surface area (Å²) < 4.78 is 5.80. The number of rotatable bonds is 4. The minimum absolute atomic E-state index is 0.120. The summed E-state index contributed by atoms with van der Waals surface area (Å²) in [6.07, 6.45) is 3.00. The lowest BCUT2D eigenvalue weighted by Crippen LogP contribution is -2.17. The molecule has 0 amide bonds. The minimum Gasteiger partial charge on any atom is -0.473 e. The van der Waals surface area contributed by atoms with Crippen LogP contribution in [0.4, 0.5) is 5.69 Å². The van der Waals surface area contributed by atoms with Crippen LogP contribution in [-0.4, -0.2) is 16.8 Å². The van der Waals surface area contributed by atoms with Crippen LogP contribution < -0.4 is 10.1 Å². The Morgan fingerprint density at radius 1 is 1.24 bits per heavy atom. The third kappa shape index (κ3) is 3.32. The number of fused-ring (bicyclic) bond motifs is 1. The van der Waals surface area contributed by atoms with E-state index >= 15 is 0 Å². The van der Waals surface area contributed by atoms with E-state index in [1.165, 1.54) is 10.5 Å². The number of nitrogens with one attached hydrogen (secondary N) is 1. The van der Waals surface area contributed by atoms with Gasteiger partial charge < -0.3 is 10.1 Å². The number of pyridine rings is 1. The Morgan fingerprint density at radius 2 is 2.10 bits per heavy atom. The summed E-state index contributed by atoms with van der Waals surface area (Å²) in [6.45, 7) is 4.04. The van der Waals surface area contributed by atoms with Gasteiger partial charge in [-0.25, -0.2) is 4.98 Å². The largest absolute Gasteiger partial charge is 0.473 e. The normalized spacial score (nSPS) is 17.4. The van der Waals surface area contributed by atoms with Crippen molar-refractivity contribution in [2.75, 3.05) is 11.1 Å². The highest BCUT2D eigenvalue weighted by atomic mass is 32.2. The molecule has 3 nitrogen and oxygen atoms in total. The van der Waals surface area contributed by atoms with Crippen LogP contribution in [0.1, 0.15) is 31.9 Å². The Kier molecular flexibility index (Phi) is 4.34. The lowest BCUT2D eigenvalue weighted by atomic mass is 10.0. The van der Waals surface area contributed by atoms with Crippen molar-refractivity contribution in [2.24, 2.45) is 0 Å². The molecular weight excluding hydrogens is 280 g/mol. The molecule has 0 aliphatic carbocycles. The number of anilines is 1. The van der Waals surface area contributed by atoms with E-state index in [1.807, 2.05) is 37.7 Å². The molecule has 1 aliphatic rings. The molecule has 0 saturated heterocycles. The summed E-state index contributed by atoms with van der Waals surface area (Å²) in [5.74, 6) is 1.82. The zero-order valence-corrected chi connectivity index (χ0v) is 13.2. The molecule has 0 fully saturated rings. The van der Waals surface area contributed by atoms with Gasteiger partial charge in [0.25, 0.3) is 0 Å². The maximum absolute atomic E-state index is 5.80. The molecule has 0 saturated carbocycles. The molecule has 2 aromatic rings. The number of hydrogen-bond donors (Lipinski definition) is 1. The van der Waals surface area contributed by atoms with E-state index < -0.39 is 0 Å². The molecule has 4 heteroatoms. The Balaban J connectivity index is 1.85. The summed E-state index contributed by atoms with van der Waals surface area (Å²) in [6, 6.07) is 12.9. The van der Waals surface area contributed by atoms with E-state index in [2.05, 4.69) is 34.6 Å². The van der Waals surface area contributed by atoms with Gasteiger partial charge in [-0.1, -0.05) is 18.2 Å². The van der Waals surface area contributed by atoms with Gasteiger partial charge in [-0.15, -0.1) is 11.8 Å². The second-order valence-electron chi connectivity index (χ2n) is 5.39. The molecular formula is C17H20N2OS. The predicted octanol–water partition coefficient (Wildman–Crippen LogP) is 4.52. The first-order valence-corrected chi connectivity index (χ1v) is 8.32. The van der Waals surface area contributed by atoms with Crippen molar-refractivity contribution in [3.8, 4) is 5.88 Å². The van der Waals surface area contributed by atoms with Crippen LogP contribution in [0.25, 0.3) is 0 Å². The first kappa shape index (κ1) is 14.3. The molecule has 1 aromatic heterocycles. The maximum atomic E-state index is 5.80. The first-order chi connectivity index (χ1) is 10.2. The molecule has 3 rings (SSSR count). The van der Waals surface area contributed by atoms with Crippen molar-refractivity contribution in [3.05, 3.63) is 48.2 Å². The van der Waals surface area contributed by atoms with Crippen LogP contribution >= 0.6 is 11.8 Å². The van der Waals surface area contributed by atoms with E-state index in [4.69, 9.17) is 4.74 Å². The molecule has 1 atom stereocenters. The fourth-order valence-electron chi connectivity index (χ4n) is 2.50. The number of hydrogen-bond acceptors (Lipinski definition) is 4. The van der Waals surface area contributed by atoms with Crippen molar-refractivity contribution in [1.29, 1.82) is 0 Å². The van der Waals surface area contributed by atoms with Gasteiger partial charge in [-0.3, -0.25) is 0 Å². The molecule has 21 heavy (non-hydrogen) atoms. The lowest BCUT2D eigenvalue weighted by Gasteiger charge is -2.27. The fraction of sp³-hybridized carbons (Fsp3) is 0.353. The van der Waals surface area contributed by atoms with E-state index in [0.29, 0.717) is 11.9 Å². The quantitative estimate of drug-likeness (QED) is 0.900. The summed E-state index contributed by atoms with van der Waals surface area (Å²) in [5, 5.41) is 3.61. The van der Waals surface area contributed by atoms with Crippen LogP contribution in [-0.2, 0) is 0 Å². The van der Waals surface area contributed by atoms with Gasteiger partial charge in [-0.2, -0.15) is 0 Å². The standard InChI is InChI=1S/C17H20N2OS/c1-12(2)20-17-15(7-5-10-18-17)19-14-9-11-21-16-8-4-3-6-13(14)16/h3-8,10,12,14,19H,9,11H2,1-2H3. The Hall–Kier alpha value is -1.68. The van der Waals surface area contributed by atoms with Crippen molar-refractivity contribution >= 4 is 17.4 Å². The highest BCUT2D eigenvalue weighted by Crippen LogP contribution is 2.38. The molecule has 0 spiro atoms. The zero-order chi connectivity index (χ0) is 14.7. The first-order valence-electron chi connectivity index (χ1n) is 7.34. The summed E-state index contributed by atoms with van der Waals surface area (Å²) in [4.78, 5) is 5.72. The van der Waals surface area contributed by atoms with Gasteiger partial charge in [0.2, 0.25) is 5.88 Å². The van der Waals surface area contributed by atoms with Crippen LogP contribution in [0.2, 0.25) is 0 Å². The second kappa shape index (κ2) is 6.39.